The number of rotatable bonds is 5. The molecule has 1 N–H and O–H groups in total. The lowest BCUT2D eigenvalue weighted by Crippen LogP contribution is -2.29. The third kappa shape index (κ3) is 6.09. The van der Waals surface area contributed by atoms with Gasteiger partial charge in [-0.05, 0) is 55.0 Å². The highest BCUT2D eigenvalue weighted by atomic mass is 35.5. The largest absolute Gasteiger partial charge is 0.449 e. The van der Waals surface area contributed by atoms with Gasteiger partial charge in [-0.3, -0.25) is 4.79 Å². The number of hydrogen-bond acceptors (Lipinski definition) is 3. The van der Waals surface area contributed by atoms with Crippen molar-refractivity contribution in [3.8, 4) is 0 Å². The molecule has 1 atom stereocenters. The summed E-state index contributed by atoms with van der Waals surface area (Å²) < 4.78 is 5.06. The number of nitrogens with one attached hydrogen (secondary N) is 1. The van der Waals surface area contributed by atoms with E-state index in [-0.39, 0.29) is 0 Å². The Bertz CT molecular complexity index is 804. The third-order valence-electron chi connectivity index (χ3n) is 3.14. The Hall–Kier alpha value is -2.01. The van der Waals surface area contributed by atoms with Crippen LogP contribution < -0.4 is 5.32 Å². The molecule has 0 fully saturated rings. The predicted octanol–water partition coefficient (Wildman–Crippen LogP) is 5.23. The van der Waals surface area contributed by atoms with Crippen LogP contribution in [0, 0.1) is 0 Å². The van der Waals surface area contributed by atoms with E-state index in [1.165, 1.54) is 19.1 Å². The summed E-state index contributed by atoms with van der Waals surface area (Å²) in [5, 5.41) is 4.09. The maximum atomic E-state index is 12.0. The molecule has 7 heteroatoms. The topological polar surface area (TPSA) is 55.4 Å². The van der Waals surface area contributed by atoms with Gasteiger partial charge in [0, 0.05) is 26.8 Å². The van der Waals surface area contributed by atoms with E-state index in [0.717, 1.165) is 0 Å². The molecule has 25 heavy (non-hydrogen) atoms. The third-order valence-corrected chi connectivity index (χ3v) is 3.95. The molecule has 0 aliphatic heterocycles. The smallest absolute Gasteiger partial charge is 0.331 e. The van der Waals surface area contributed by atoms with Gasteiger partial charge in [-0.25, -0.2) is 4.79 Å². The molecule has 0 unspecified atom stereocenters. The molecule has 0 heterocycles. The Morgan fingerprint density at radius 3 is 2.32 bits per heavy atom. The molecule has 2 rings (SSSR count). The van der Waals surface area contributed by atoms with Gasteiger partial charge in [0.05, 0.1) is 0 Å². The minimum absolute atomic E-state index is 0.407. The van der Waals surface area contributed by atoms with E-state index in [4.69, 9.17) is 39.5 Å². The molecule has 2 aromatic carbocycles. The molecule has 0 bridgehead atoms. The Balaban J connectivity index is 1.91. The van der Waals surface area contributed by atoms with Crippen LogP contribution in [0.3, 0.4) is 0 Å². The van der Waals surface area contributed by atoms with Crippen molar-refractivity contribution in [2.45, 2.75) is 13.0 Å². The van der Waals surface area contributed by atoms with E-state index in [1.807, 2.05) is 0 Å². The van der Waals surface area contributed by atoms with Crippen molar-refractivity contribution in [2.24, 2.45) is 0 Å². The molecule has 130 valence electrons. The van der Waals surface area contributed by atoms with Gasteiger partial charge in [-0.15, -0.1) is 0 Å². The molecule has 0 radical (unpaired) electrons. The molecule has 2 aromatic rings. The molecule has 0 aliphatic carbocycles. The van der Waals surface area contributed by atoms with E-state index in [0.29, 0.717) is 26.3 Å². The average Bonchev–Trinajstić information content (AvgIpc) is 2.56. The molecule has 0 aromatic heterocycles. The summed E-state index contributed by atoms with van der Waals surface area (Å²) in [5.74, 6) is -1.11. The molecule has 0 spiro atoms. The highest BCUT2D eigenvalue weighted by molar-refractivity contribution is 6.35. The van der Waals surface area contributed by atoms with Crippen LogP contribution >= 0.6 is 34.8 Å². The van der Waals surface area contributed by atoms with Crippen LogP contribution in [-0.2, 0) is 14.3 Å². The number of carbonyl (C=O) groups excluding carboxylic acids is 2. The standard InChI is InChI=1S/C18H14Cl3NO3/c1-11(18(24)22-15-7-5-13(19)6-8-15)25-17(23)9-3-12-2-4-14(20)10-16(12)21/h2-11H,1H3,(H,22,24)/b9-3+/t11-/m1/s1. The van der Waals surface area contributed by atoms with Crippen molar-refractivity contribution in [1.29, 1.82) is 0 Å². The first kappa shape index (κ1) is 19.3. The molecule has 4 nitrogen and oxygen atoms in total. The highest BCUT2D eigenvalue weighted by Crippen LogP contribution is 2.22. The maximum absolute atomic E-state index is 12.0. The van der Waals surface area contributed by atoms with Crippen molar-refractivity contribution in [1.82, 2.24) is 0 Å². The molecule has 0 saturated carbocycles. The number of benzene rings is 2. The number of amides is 1. The van der Waals surface area contributed by atoms with Crippen molar-refractivity contribution >= 4 is 58.4 Å². The van der Waals surface area contributed by atoms with Crippen molar-refractivity contribution < 1.29 is 14.3 Å². The van der Waals surface area contributed by atoms with Crippen LogP contribution in [0.2, 0.25) is 15.1 Å². The number of ether oxygens (including phenoxy) is 1. The summed E-state index contributed by atoms with van der Waals surface area (Å²) in [6, 6.07) is 11.5. The van der Waals surface area contributed by atoms with Gasteiger partial charge in [0.1, 0.15) is 0 Å². The van der Waals surface area contributed by atoms with Crippen LogP contribution in [0.5, 0.6) is 0 Å². The first-order valence-electron chi connectivity index (χ1n) is 7.25. The second-order valence-electron chi connectivity index (χ2n) is 5.07. The summed E-state index contributed by atoms with van der Waals surface area (Å²) >= 11 is 17.6. The monoisotopic (exact) mass is 397 g/mol. The zero-order chi connectivity index (χ0) is 18.4. The summed E-state index contributed by atoms with van der Waals surface area (Å²) in [6.07, 6.45) is 1.72. The van der Waals surface area contributed by atoms with Crippen LogP contribution in [-0.4, -0.2) is 18.0 Å². The number of hydrogen-bond donors (Lipinski definition) is 1. The van der Waals surface area contributed by atoms with E-state index >= 15 is 0 Å². The Kier molecular flexibility index (Phi) is 6.88. The molecule has 1 amide bonds. The van der Waals surface area contributed by atoms with E-state index in [2.05, 4.69) is 5.32 Å². The van der Waals surface area contributed by atoms with Gasteiger partial charge in [-0.2, -0.15) is 0 Å². The predicted molar refractivity (Wildman–Crippen MR) is 101 cm³/mol. The first-order valence-corrected chi connectivity index (χ1v) is 8.39. The van der Waals surface area contributed by atoms with Crippen LogP contribution in [0.4, 0.5) is 5.69 Å². The summed E-state index contributed by atoms with van der Waals surface area (Å²) in [7, 11) is 0. The second-order valence-corrected chi connectivity index (χ2v) is 6.35. The minimum atomic E-state index is -0.964. The first-order chi connectivity index (χ1) is 11.8. The van der Waals surface area contributed by atoms with Crippen molar-refractivity contribution in [2.75, 3.05) is 5.32 Å². The van der Waals surface area contributed by atoms with Crippen LogP contribution in [0.15, 0.2) is 48.5 Å². The lowest BCUT2D eigenvalue weighted by atomic mass is 10.2. The Morgan fingerprint density at radius 1 is 1.04 bits per heavy atom. The SMILES string of the molecule is C[C@@H](OC(=O)/C=C/c1ccc(Cl)cc1Cl)C(=O)Nc1ccc(Cl)cc1. The Morgan fingerprint density at radius 2 is 1.68 bits per heavy atom. The quantitative estimate of drug-likeness (QED) is 0.554. The number of esters is 1. The fourth-order valence-electron chi connectivity index (χ4n) is 1.84. The fraction of sp³-hybridized carbons (Fsp3) is 0.111. The fourth-order valence-corrected chi connectivity index (χ4v) is 2.44. The van der Waals surface area contributed by atoms with Gasteiger partial charge >= 0.3 is 5.97 Å². The molecular formula is C18H14Cl3NO3. The number of halogens is 3. The normalized spacial score (nSPS) is 12.0. The van der Waals surface area contributed by atoms with Gasteiger partial charge in [0.25, 0.3) is 5.91 Å². The zero-order valence-corrected chi connectivity index (χ0v) is 15.4. The summed E-state index contributed by atoms with van der Waals surface area (Å²) in [6.45, 7) is 1.48. The second kappa shape index (κ2) is 8.90. The van der Waals surface area contributed by atoms with Gasteiger partial charge in [0.2, 0.25) is 0 Å². The van der Waals surface area contributed by atoms with E-state index in [1.54, 1.807) is 42.5 Å². The van der Waals surface area contributed by atoms with E-state index in [9.17, 15) is 9.59 Å². The van der Waals surface area contributed by atoms with E-state index < -0.39 is 18.0 Å². The Labute approximate surface area is 160 Å². The number of anilines is 1. The van der Waals surface area contributed by atoms with Gasteiger partial charge < -0.3 is 10.1 Å². The maximum Gasteiger partial charge on any atom is 0.331 e. The van der Waals surface area contributed by atoms with Crippen LogP contribution in [0.1, 0.15) is 12.5 Å². The lowest BCUT2D eigenvalue weighted by Gasteiger charge is -2.12. The average molecular weight is 399 g/mol. The van der Waals surface area contributed by atoms with Gasteiger partial charge in [-0.1, -0.05) is 40.9 Å². The lowest BCUT2D eigenvalue weighted by molar-refractivity contribution is -0.148. The minimum Gasteiger partial charge on any atom is -0.449 e. The highest BCUT2D eigenvalue weighted by Gasteiger charge is 2.16. The number of carbonyl (C=O) groups is 2. The summed E-state index contributed by atoms with van der Waals surface area (Å²) in [4.78, 5) is 23.8. The summed E-state index contributed by atoms with van der Waals surface area (Å²) in [5.41, 5.74) is 1.17. The molecule has 0 saturated heterocycles. The zero-order valence-electron chi connectivity index (χ0n) is 13.1. The van der Waals surface area contributed by atoms with Crippen molar-refractivity contribution in [3.63, 3.8) is 0 Å². The molecular weight excluding hydrogens is 385 g/mol. The molecule has 0 aliphatic rings. The van der Waals surface area contributed by atoms with Crippen molar-refractivity contribution in [3.05, 3.63) is 69.2 Å². The van der Waals surface area contributed by atoms with Gasteiger partial charge in [0.15, 0.2) is 6.10 Å². The van der Waals surface area contributed by atoms with Crippen LogP contribution in [0.25, 0.3) is 6.08 Å².